The monoisotopic (exact) mass is 272 g/mol. The summed E-state index contributed by atoms with van der Waals surface area (Å²) < 4.78 is 5.09. The Hall–Kier alpha value is -2.76. The summed E-state index contributed by atoms with van der Waals surface area (Å²) in [5.41, 5.74) is 0.302. The molecule has 0 saturated heterocycles. The topological polar surface area (TPSA) is 89.4 Å². The molecule has 0 atom stereocenters. The summed E-state index contributed by atoms with van der Waals surface area (Å²) in [6.07, 6.45) is 1.23. The third kappa shape index (κ3) is 2.64. The number of carboxylic acids is 1. The Morgan fingerprint density at radius 3 is 2.65 bits per heavy atom. The summed E-state index contributed by atoms with van der Waals surface area (Å²) in [5, 5.41) is 9.12. The number of nitrogens with zero attached hydrogens (tertiary/aromatic N) is 2. The SMILES string of the molecule is COc1cccc(-c2ncc(C(C)=O)c(C(=O)O)n2)c1. The average Bonchev–Trinajstić information content (AvgIpc) is 2.46. The van der Waals surface area contributed by atoms with Crippen molar-refractivity contribution in [2.45, 2.75) is 6.92 Å². The first-order valence-corrected chi connectivity index (χ1v) is 5.78. The number of ketones is 1. The van der Waals surface area contributed by atoms with Crippen LogP contribution in [0, 0.1) is 0 Å². The molecule has 0 spiro atoms. The van der Waals surface area contributed by atoms with Gasteiger partial charge in [0.05, 0.1) is 12.7 Å². The Morgan fingerprint density at radius 1 is 1.30 bits per heavy atom. The van der Waals surface area contributed by atoms with Crippen LogP contribution in [0.2, 0.25) is 0 Å². The molecular formula is C14H12N2O4. The molecule has 1 aromatic heterocycles. The van der Waals surface area contributed by atoms with Crippen LogP contribution in [0.25, 0.3) is 11.4 Å². The number of carbonyl (C=O) groups is 2. The number of ether oxygens (including phenoxy) is 1. The zero-order valence-corrected chi connectivity index (χ0v) is 11.0. The fourth-order valence-corrected chi connectivity index (χ4v) is 1.70. The number of methoxy groups -OCH3 is 1. The van der Waals surface area contributed by atoms with Gasteiger partial charge >= 0.3 is 5.97 Å². The minimum absolute atomic E-state index is 0.0100. The second-order valence-corrected chi connectivity index (χ2v) is 4.05. The van der Waals surface area contributed by atoms with Crippen molar-refractivity contribution >= 4 is 11.8 Å². The predicted octanol–water partition coefficient (Wildman–Crippen LogP) is 2.05. The van der Waals surface area contributed by atoms with Crippen LogP contribution in [0.4, 0.5) is 0 Å². The summed E-state index contributed by atoms with van der Waals surface area (Å²) in [6, 6.07) is 6.92. The normalized spacial score (nSPS) is 10.1. The number of carboxylic acid groups (broad SMARTS) is 1. The summed E-state index contributed by atoms with van der Waals surface area (Å²) in [4.78, 5) is 30.5. The van der Waals surface area contributed by atoms with Crippen molar-refractivity contribution < 1.29 is 19.4 Å². The van der Waals surface area contributed by atoms with Gasteiger partial charge in [-0.1, -0.05) is 12.1 Å². The molecule has 6 nitrogen and oxygen atoms in total. The molecular weight excluding hydrogens is 260 g/mol. The summed E-state index contributed by atoms with van der Waals surface area (Å²) in [7, 11) is 1.53. The molecule has 0 aliphatic rings. The van der Waals surface area contributed by atoms with Gasteiger partial charge in [-0.05, 0) is 19.1 Å². The molecule has 0 aliphatic carbocycles. The van der Waals surface area contributed by atoms with E-state index < -0.39 is 5.97 Å². The highest BCUT2D eigenvalue weighted by molar-refractivity contribution is 6.03. The van der Waals surface area contributed by atoms with Crippen LogP contribution in [0.3, 0.4) is 0 Å². The van der Waals surface area contributed by atoms with E-state index in [1.165, 1.54) is 20.2 Å². The van der Waals surface area contributed by atoms with E-state index >= 15 is 0 Å². The van der Waals surface area contributed by atoms with E-state index in [0.717, 1.165) is 0 Å². The maximum Gasteiger partial charge on any atom is 0.355 e. The lowest BCUT2D eigenvalue weighted by atomic mass is 10.1. The van der Waals surface area contributed by atoms with Gasteiger partial charge in [-0.3, -0.25) is 4.79 Å². The van der Waals surface area contributed by atoms with Gasteiger partial charge < -0.3 is 9.84 Å². The number of carbonyl (C=O) groups excluding carboxylic acids is 1. The smallest absolute Gasteiger partial charge is 0.355 e. The predicted molar refractivity (Wildman–Crippen MR) is 71.0 cm³/mol. The summed E-state index contributed by atoms with van der Waals surface area (Å²) in [5.74, 6) is -0.814. The highest BCUT2D eigenvalue weighted by Gasteiger charge is 2.17. The lowest BCUT2D eigenvalue weighted by Gasteiger charge is -2.06. The molecule has 6 heteroatoms. The van der Waals surface area contributed by atoms with Crippen molar-refractivity contribution in [1.82, 2.24) is 9.97 Å². The Balaban J connectivity index is 2.55. The first-order chi connectivity index (χ1) is 9.52. The molecule has 0 radical (unpaired) electrons. The van der Waals surface area contributed by atoms with E-state index in [0.29, 0.717) is 11.3 Å². The van der Waals surface area contributed by atoms with Gasteiger partial charge in [0.1, 0.15) is 5.75 Å². The minimum atomic E-state index is -1.26. The fraction of sp³-hybridized carbons (Fsp3) is 0.143. The third-order valence-corrected chi connectivity index (χ3v) is 2.70. The molecule has 0 aliphatic heterocycles. The van der Waals surface area contributed by atoms with Crippen molar-refractivity contribution in [3.8, 4) is 17.1 Å². The van der Waals surface area contributed by atoms with Crippen LogP contribution in [-0.2, 0) is 0 Å². The molecule has 2 aromatic rings. The Morgan fingerprint density at radius 2 is 2.05 bits per heavy atom. The first-order valence-electron chi connectivity index (χ1n) is 5.78. The lowest BCUT2D eigenvalue weighted by Crippen LogP contribution is -2.11. The molecule has 1 heterocycles. The van der Waals surface area contributed by atoms with Crippen molar-refractivity contribution in [2.75, 3.05) is 7.11 Å². The highest BCUT2D eigenvalue weighted by atomic mass is 16.5. The van der Waals surface area contributed by atoms with Crippen LogP contribution < -0.4 is 4.74 Å². The number of aromatic nitrogens is 2. The molecule has 0 amide bonds. The lowest BCUT2D eigenvalue weighted by molar-refractivity contribution is 0.0685. The number of benzene rings is 1. The van der Waals surface area contributed by atoms with Crippen molar-refractivity contribution in [1.29, 1.82) is 0 Å². The molecule has 0 unspecified atom stereocenters. The van der Waals surface area contributed by atoms with Gasteiger partial charge in [-0.25, -0.2) is 14.8 Å². The van der Waals surface area contributed by atoms with Gasteiger partial charge in [-0.2, -0.15) is 0 Å². The van der Waals surface area contributed by atoms with Gasteiger partial charge in [0.15, 0.2) is 17.3 Å². The number of Topliss-reactive ketones (excluding diaryl/α,β-unsaturated/α-hetero) is 1. The Bertz CT molecular complexity index is 683. The van der Waals surface area contributed by atoms with Crippen LogP contribution in [0.1, 0.15) is 27.8 Å². The molecule has 0 fully saturated rings. The number of aromatic carboxylic acids is 1. The zero-order chi connectivity index (χ0) is 14.7. The van der Waals surface area contributed by atoms with Crippen LogP contribution in [-0.4, -0.2) is 33.9 Å². The third-order valence-electron chi connectivity index (χ3n) is 2.70. The molecule has 102 valence electrons. The molecule has 1 N–H and O–H groups in total. The van der Waals surface area contributed by atoms with E-state index in [2.05, 4.69) is 9.97 Å². The van der Waals surface area contributed by atoms with Gasteiger partial charge in [-0.15, -0.1) is 0 Å². The largest absolute Gasteiger partial charge is 0.497 e. The fourth-order valence-electron chi connectivity index (χ4n) is 1.70. The minimum Gasteiger partial charge on any atom is -0.497 e. The average molecular weight is 272 g/mol. The van der Waals surface area contributed by atoms with Gasteiger partial charge in [0.25, 0.3) is 0 Å². The highest BCUT2D eigenvalue weighted by Crippen LogP contribution is 2.21. The standard InChI is InChI=1S/C14H12N2O4/c1-8(17)11-7-15-13(16-12(11)14(18)19)9-4-3-5-10(6-9)20-2/h3-7H,1-2H3,(H,18,19). The first kappa shape index (κ1) is 13.7. The van der Waals surface area contributed by atoms with Crippen molar-refractivity contribution in [3.05, 3.63) is 41.7 Å². The number of rotatable bonds is 4. The van der Waals surface area contributed by atoms with Crippen LogP contribution >= 0.6 is 0 Å². The molecule has 1 aromatic carbocycles. The Labute approximate surface area is 115 Å². The number of hydrogen-bond acceptors (Lipinski definition) is 5. The van der Waals surface area contributed by atoms with E-state index in [-0.39, 0.29) is 22.9 Å². The van der Waals surface area contributed by atoms with Crippen molar-refractivity contribution in [3.63, 3.8) is 0 Å². The number of hydrogen-bond donors (Lipinski definition) is 1. The quantitative estimate of drug-likeness (QED) is 0.857. The molecule has 0 bridgehead atoms. The molecule has 20 heavy (non-hydrogen) atoms. The van der Waals surface area contributed by atoms with E-state index in [1.807, 2.05) is 0 Å². The maximum absolute atomic E-state index is 11.4. The maximum atomic E-state index is 11.4. The summed E-state index contributed by atoms with van der Waals surface area (Å²) in [6.45, 7) is 1.27. The summed E-state index contributed by atoms with van der Waals surface area (Å²) >= 11 is 0. The van der Waals surface area contributed by atoms with E-state index in [9.17, 15) is 9.59 Å². The van der Waals surface area contributed by atoms with Gasteiger partial charge in [0.2, 0.25) is 0 Å². The van der Waals surface area contributed by atoms with E-state index in [4.69, 9.17) is 9.84 Å². The molecule has 2 rings (SSSR count). The van der Waals surface area contributed by atoms with E-state index in [1.54, 1.807) is 24.3 Å². The zero-order valence-electron chi connectivity index (χ0n) is 11.0. The van der Waals surface area contributed by atoms with Crippen LogP contribution in [0.5, 0.6) is 5.75 Å². The Kier molecular flexibility index (Phi) is 3.74. The van der Waals surface area contributed by atoms with Crippen molar-refractivity contribution in [2.24, 2.45) is 0 Å². The molecule has 0 saturated carbocycles. The second-order valence-electron chi connectivity index (χ2n) is 4.05. The van der Waals surface area contributed by atoms with Gasteiger partial charge in [0, 0.05) is 11.8 Å². The second kappa shape index (κ2) is 5.48. The van der Waals surface area contributed by atoms with Crippen LogP contribution in [0.15, 0.2) is 30.5 Å².